The average molecular weight is 287 g/mol. The van der Waals surface area contributed by atoms with Crippen molar-refractivity contribution in [1.29, 1.82) is 0 Å². The summed E-state index contributed by atoms with van der Waals surface area (Å²) in [6, 6.07) is 0.0691. The number of ether oxygens (including phenoxy) is 1. The van der Waals surface area contributed by atoms with Crippen LogP contribution in [0.2, 0.25) is 5.02 Å². The van der Waals surface area contributed by atoms with E-state index in [1.807, 2.05) is 18.8 Å². The fraction of sp³-hybridized carbons (Fsp3) is 0.769. The molecule has 1 aromatic heterocycles. The summed E-state index contributed by atoms with van der Waals surface area (Å²) in [4.78, 5) is 2.45. The van der Waals surface area contributed by atoms with Crippen molar-refractivity contribution in [3.8, 4) is 0 Å². The van der Waals surface area contributed by atoms with Crippen LogP contribution in [0.15, 0.2) is 6.20 Å². The normalized spacial score (nSPS) is 22.6. The van der Waals surface area contributed by atoms with Gasteiger partial charge in [0.1, 0.15) is 0 Å². The summed E-state index contributed by atoms with van der Waals surface area (Å²) in [5, 5.41) is 8.22. The van der Waals surface area contributed by atoms with Crippen molar-refractivity contribution in [2.24, 2.45) is 7.05 Å². The van der Waals surface area contributed by atoms with E-state index in [9.17, 15) is 0 Å². The second kappa shape index (κ2) is 6.70. The largest absolute Gasteiger partial charge is 0.374 e. The van der Waals surface area contributed by atoms with Crippen molar-refractivity contribution >= 4 is 11.6 Å². The molecule has 0 radical (unpaired) electrons. The Hall–Kier alpha value is -0.620. The molecule has 2 heterocycles. The lowest BCUT2D eigenvalue weighted by Gasteiger charge is -2.36. The molecule has 0 saturated carbocycles. The van der Waals surface area contributed by atoms with Crippen LogP contribution >= 0.6 is 11.6 Å². The van der Waals surface area contributed by atoms with Gasteiger partial charge in [0.05, 0.1) is 35.7 Å². The summed E-state index contributed by atoms with van der Waals surface area (Å²) in [6.45, 7) is 6.05. The second-order valence-corrected chi connectivity index (χ2v) is 5.38. The molecule has 1 aromatic rings. The number of nitrogens with one attached hydrogen (secondary N) is 1. The second-order valence-electron chi connectivity index (χ2n) is 4.98. The Morgan fingerprint density at radius 3 is 3.00 bits per heavy atom. The van der Waals surface area contributed by atoms with Crippen LogP contribution in [-0.2, 0) is 11.8 Å². The van der Waals surface area contributed by atoms with Gasteiger partial charge >= 0.3 is 0 Å². The smallest absolute Gasteiger partial charge is 0.0912 e. The molecule has 1 aliphatic rings. The summed E-state index contributed by atoms with van der Waals surface area (Å²) < 4.78 is 7.76. The molecule has 108 valence electrons. The Morgan fingerprint density at radius 2 is 2.42 bits per heavy atom. The molecule has 1 saturated heterocycles. The molecule has 2 rings (SSSR count). The van der Waals surface area contributed by atoms with Crippen molar-refractivity contribution in [2.45, 2.75) is 25.5 Å². The van der Waals surface area contributed by atoms with Crippen LogP contribution < -0.4 is 5.32 Å². The fourth-order valence-electron chi connectivity index (χ4n) is 2.72. The van der Waals surface area contributed by atoms with Gasteiger partial charge in [0.15, 0.2) is 0 Å². The Labute approximate surface area is 119 Å². The summed E-state index contributed by atoms with van der Waals surface area (Å²) in [6.07, 6.45) is 2.97. The van der Waals surface area contributed by atoms with E-state index in [-0.39, 0.29) is 12.1 Å². The first-order chi connectivity index (χ1) is 9.17. The first-order valence-corrected chi connectivity index (χ1v) is 7.23. The predicted molar refractivity (Wildman–Crippen MR) is 76.5 cm³/mol. The van der Waals surface area contributed by atoms with Gasteiger partial charge < -0.3 is 10.1 Å². The average Bonchev–Trinajstić information content (AvgIpc) is 2.73. The van der Waals surface area contributed by atoms with Gasteiger partial charge in [0.2, 0.25) is 0 Å². The molecule has 0 spiro atoms. The summed E-state index contributed by atoms with van der Waals surface area (Å²) in [5.74, 6) is 0. The van der Waals surface area contributed by atoms with E-state index in [0.29, 0.717) is 5.02 Å². The first-order valence-electron chi connectivity index (χ1n) is 6.86. The van der Waals surface area contributed by atoms with Gasteiger partial charge in [-0.3, -0.25) is 9.58 Å². The van der Waals surface area contributed by atoms with Crippen LogP contribution in [0.1, 0.15) is 25.1 Å². The minimum absolute atomic E-state index is 0.0691. The number of hydrogen-bond donors (Lipinski definition) is 1. The molecule has 2 unspecified atom stereocenters. The first kappa shape index (κ1) is 14.8. The number of nitrogens with zero attached hydrogens (tertiary/aromatic N) is 3. The van der Waals surface area contributed by atoms with E-state index in [1.54, 1.807) is 6.20 Å². The maximum absolute atomic E-state index is 6.24. The molecule has 19 heavy (non-hydrogen) atoms. The van der Waals surface area contributed by atoms with Crippen LogP contribution in [0, 0.1) is 0 Å². The molecule has 0 amide bonds. The lowest BCUT2D eigenvalue weighted by Crippen LogP contribution is -2.48. The van der Waals surface area contributed by atoms with Crippen molar-refractivity contribution in [2.75, 3.05) is 33.3 Å². The van der Waals surface area contributed by atoms with E-state index in [4.69, 9.17) is 16.3 Å². The SMILES string of the molecule is CCCN1CCOC(C(NC)c2c(Cl)cnn2C)C1. The third-order valence-corrected chi connectivity index (χ3v) is 3.92. The predicted octanol–water partition coefficient (Wildman–Crippen LogP) is 1.44. The van der Waals surface area contributed by atoms with Gasteiger partial charge in [-0.25, -0.2) is 0 Å². The van der Waals surface area contributed by atoms with Gasteiger partial charge in [-0.05, 0) is 20.0 Å². The number of halogens is 1. The standard InChI is InChI=1S/C13H23ClN4O/c1-4-5-18-6-7-19-11(9-18)12(15-2)13-10(14)8-16-17(13)3/h8,11-12,15H,4-7,9H2,1-3H3. The zero-order chi connectivity index (χ0) is 13.8. The monoisotopic (exact) mass is 286 g/mol. The molecule has 0 bridgehead atoms. The highest BCUT2D eigenvalue weighted by atomic mass is 35.5. The molecule has 0 aromatic carbocycles. The minimum atomic E-state index is 0.0691. The molecule has 5 nitrogen and oxygen atoms in total. The zero-order valence-electron chi connectivity index (χ0n) is 11.9. The summed E-state index contributed by atoms with van der Waals surface area (Å²) >= 11 is 6.24. The van der Waals surface area contributed by atoms with Gasteiger partial charge in [-0.2, -0.15) is 5.10 Å². The number of morpholine rings is 1. The van der Waals surface area contributed by atoms with Gasteiger partial charge in [0, 0.05) is 20.1 Å². The molecular weight excluding hydrogens is 264 g/mol. The minimum Gasteiger partial charge on any atom is -0.374 e. The number of rotatable bonds is 5. The highest BCUT2D eigenvalue weighted by molar-refractivity contribution is 6.31. The highest BCUT2D eigenvalue weighted by Gasteiger charge is 2.31. The van der Waals surface area contributed by atoms with Crippen LogP contribution in [0.4, 0.5) is 0 Å². The molecule has 2 atom stereocenters. The van der Waals surface area contributed by atoms with Gasteiger partial charge in [-0.1, -0.05) is 18.5 Å². The van der Waals surface area contributed by atoms with Crippen LogP contribution in [0.25, 0.3) is 0 Å². The van der Waals surface area contributed by atoms with E-state index in [2.05, 4.69) is 22.2 Å². The van der Waals surface area contributed by atoms with Crippen molar-refractivity contribution in [1.82, 2.24) is 20.0 Å². The molecule has 1 N–H and O–H groups in total. The van der Waals surface area contributed by atoms with E-state index >= 15 is 0 Å². The third-order valence-electron chi connectivity index (χ3n) is 3.63. The van der Waals surface area contributed by atoms with Crippen molar-refractivity contribution in [3.05, 3.63) is 16.9 Å². The fourth-order valence-corrected chi connectivity index (χ4v) is 3.00. The highest BCUT2D eigenvalue weighted by Crippen LogP contribution is 2.27. The van der Waals surface area contributed by atoms with E-state index < -0.39 is 0 Å². The number of hydrogen-bond acceptors (Lipinski definition) is 4. The number of likely N-dealkylation sites (N-methyl/N-ethyl adjacent to an activating group) is 1. The van der Waals surface area contributed by atoms with Crippen LogP contribution in [0.3, 0.4) is 0 Å². The Kier molecular flexibility index (Phi) is 5.21. The van der Waals surface area contributed by atoms with Crippen LogP contribution in [0.5, 0.6) is 0 Å². The van der Waals surface area contributed by atoms with Gasteiger partial charge in [0.25, 0.3) is 0 Å². The lowest BCUT2D eigenvalue weighted by molar-refractivity contribution is -0.0470. The zero-order valence-corrected chi connectivity index (χ0v) is 12.7. The Morgan fingerprint density at radius 1 is 1.63 bits per heavy atom. The third kappa shape index (κ3) is 3.28. The van der Waals surface area contributed by atoms with Crippen LogP contribution in [-0.4, -0.2) is 54.1 Å². The van der Waals surface area contributed by atoms with E-state index in [0.717, 1.165) is 31.9 Å². The maximum Gasteiger partial charge on any atom is 0.0912 e. The van der Waals surface area contributed by atoms with Crippen molar-refractivity contribution < 1.29 is 4.74 Å². The molecule has 0 aliphatic carbocycles. The van der Waals surface area contributed by atoms with E-state index in [1.165, 1.54) is 6.42 Å². The van der Waals surface area contributed by atoms with Crippen molar-refractivity contribution in [3.63, 3.8) is 0 Å². The molecule has 1 aliphatic heterocycles. The molecule has 1 fully saturated rings. The molecule has 6 heteroatoms. The quantitative estimate of drug-likeness (QED) is 0.890. The summed E-state index contributed by atoms with van der Waals surface area (Å²) in [5.41, 5.74) is 0.993. The number of aryl methyl sites for hydroxylation is 1. The summed E-state index contributed by atoms with van der Waals surface area (Å²) in [7, 11) is 3.86. The maximum atomic E-state index is 6.24. The topological polar surface area (TPSA) is 42.3 Å². The Bertz CT molecular complexity index is 388. The van der Waals surface area contributed by atoms with Gasteiger partial charge in [-0.15, -0.1) is 0 Å². The Balaban J connectivity index is 2.13. The number of aromatic nitrogens is 2. The lowest BCUT2D eigenvalue weighted by atomic mass is 10.1. The molecular formula is C13H23ClN4O.